The van der Waals surface area contributed by atoms with E-state index in [0.29, 0.717) is 6.42 Å². The van der Waals surface area contributed by atoms with Crippen LogP contribution in [-0.2, 0) is 33.2 Å². The number of aliphatic hydroxyl groups excluding tert-OH is 9. The molecule has 53 heavy (non-hydrogen) atoms. The Morgan fingerprint density at radius 3 is 0.906 bits per heavy atom. The molecule has 20 unspecified atom stereocenters. The fraction of sp³-hybridized carbons (Fsp3) is 1.00. The van der Waals surface area contributed by atoms with Crippen LogP contribution < -0.4 is 22.9 Å². The zero-order valence-electron chi connectivity index (χ0n) is 30.2. The predicted molar refractivity (Wildman–Crippen MR) is 183 cm³/mol. The van der Waals surface area contributed by atoms with Crippen molar-refractivity contribution in [1.29, 1.82) is 0 Å². The molecule has 20 heteroatoms. The van der Waals surface area contributed by atoms with E-state index in [9.17, 15) is 46.0 Å². The SMILES string of the molecule is CCC1C(CO)OC(COCC2C(CO)OC(COCC3C(CO)OC(COCC4C(CO)OC(CO)C(N)C4O)C(N)C3O)C(N)C2O)C(N)C1O. The lowest BCUT2D eigenvalue weighted by atomic mass is 9.84. The van der Waals surface area contributed by atoms with Gasteiger partial charge in [0.2, 0.25) is 0 Å². The van der Waals surface area contributed by atoms with Gasteiger partial charge in [-0.2, -0.15) is 0 Å². The standard InChI is InChI=1S/C33H64N4O16/c1-2-14-18(3-38)51-23(27(35)30(14)43)11-48-9-16-20(5-40)53-25(29(37)32(16)45)13-49-10-17-21(6-41)52-24(28(36)33(17)46)12-47-8-15-19(4-39)50-22(7-42)26(34)31(15)44/h14-33,38-46H,2-13,34-37H2,1H3. The van der Waals surface area contributed by atoms with Crippen LogP contribution in [0.15, 0.2) is 0 Å². The third-order valence-electron chi connectivity index (χ3n) is 11.5. The number of aliphatic hydroxyl groups is 9. The van der Waals surface area contributed by atoms with Crippen LogP contribution in [0, 0.1) is 23.7 Å². The van der Waals surface area contributed by atoms with Crippen LogP contribution >= 0.6 is 0 Å². The van der Waals surface area contributed by atoms with Gasteiger partial charge in [-0.15, -0.1) is 0 Å². The summed E-state index contributed by atoms with van der Waals surface area (Å²) >= 11 is 0. The monoisotopic (exact) mass is 772 g/mol. The third-order valence-corrected chi connectivity index (χ3v) is 11.5. The van der Waals surface area contributed by atoms with Crippen molar-refractivity contribution in [3.63, 3.8) is 0 Å². The Kier molecular flexibility index (Phi) is 17.9. The molecule has 0 bridgehead atoms. The Morgan fingerprint density at radius 1 is 0.377 bits per heavy atom. The molecule has 4 saturated heterocycles. The zero-order valence-corrected chi connectivity index (χ0v) is 30.2. The topological polar surface area (TPSA) is 351 Å². The Bertz CT molecular complexity index is 1050. The Hall–Kier alpha value is -0.800. The van der Waals surface area contributed by atoms with Gasteiger partial charge in [0.25, 0.3) is 0 Å². The van der Waals surface area contributed by atoms with Gasteiger partial charge in [-0.3, -0.25) is 0 Å². The van der Waals surface area contributed by atoms with E-state index in [2.05, 4.69) is 0 Å². The molecule has 0 aromatic heterocycles. The number of nitrogens with two attached hydrogens (primary N) is 4. The van der Waals surface area contributed by atoms with Gasteiger partial charge in [0.05, 0.1) is 170 Å². The first-order chi connectivity index (χ1) is 25.4. The Balaban J connectivity index is 1.24. The van der Waals surface area contributed by atoms with E-state index in [0.717, 1.165) is 0 Å². The first kappa shape index (κ1) is 44.9. The average Bonchev–Trinajstić information content (AvgIpc) is 3.16. The Morgan fingerprint density at radius 2 is 0.623 bits per heavy atom. The van der Waals surface area contributed by atoms with Crippen molar-refractivity contribution in [1.82, 2.24) is 0 Å². The van der Waals surface area contributed by atoms with E-state index in [1.807, 2.05) is 6.92 Å². The summed E-state index contributed by atoms with van der Waals surface area (Å²) in [6, 6.07) is -3.55. The van der Waals surface area contributed by atoms with Crippen molar-refractivity contribution in [2.75, 3.05) is 72.7 Å². The summed E-state index contributed by atoms with van der Waals surface area (Å²) in [5.41, 5.74) is 24.8. The molecule has 20 atom stereocenters. The normalized spacial score (nSPS) is 46.8. The van der Waals surface area contributed by atoms with E-state index in [-0.39, 0.29) is 52.2 Å². The van der Waals surface area contributed by atoms with Crippen LogP contribution in [0.4, 0.5) is 0 Å². The summed E-state index contributed by atoms with van der Waals surface area (Å²) in [7, 11) is 0. The number of ether oxygens (including phenoxy) is 7. The smallest absolute Gasteiger partial charge is 0.0989 e. The minimum atomic E-state index is -1.19. The number of hydrogen-bond acceptors (Lipinski definition) is 20. The lowest BCUT2D eigenvalue weighted by Gasteiger charge is -2.45. The van der Waals surface area contributed by atoms with Gasteiger partial charge in [-0.1, -0.05) is 6.92 Å². The molecule has 0 aliphatic carbocycles. The second kappa shape index (κ2) is 21.1. The molecule has 0 spiro atoms. The quantitative estimate of drug-likeness (QED) is 0.0615. The van der Waals surface area contributed by atoms with E-state index in [1.54, 1.807) is 0 Å². The molecule has 4 rings (SSSR count). The second-order valence-electron chi connectivity index (χ2n) is 14.7. The largest absolute Gasteiger partial charge is 0.394 e. The van der Waals surface area contributed by atoms with Crippen molar-refractivity contribution in [3.8, 4) is 0 Å². The van der Waals surface area contributed by atoms with Crippen molar-refractivity contribution in [3.05, 3.63) is 0 Å². The zero-order chi connectivity index (χ0) is 39.0. The van der Waals surface area contributed by atoms with Crippen LogP contribution in [0.3, 0.4) is 0 Å². The predicted octanol–water partition coefficient (Wildman–Crippen LogP) is -7.31. The maximum Gasteiger partial charge on any atom is 0.0989 e. The van der Waals surface area contributed by atoms with Gasteiger partial charge in [-0.05, 0) is 6.42 Å². The van der Waals surface area contributed by atoms with Crippen LogP contribution in [-0.4, -0.2) is 216 Å². The minimum absolute atomic E-state index is 0.0372. The molecule has 4 fully saturated rings. The molecule has 0 saturated carbocycles. The maximum atomic E-state index is 11.1. The van der Waals surface area contributed by atoms with Crippen molar-refractivity contribution >= 4 is 0 Å². The van der Waals surface area contributed by atoms with Gasteiger partial charge in [0, 0.05) is 23.7 Å². The van der Waals surface area contributed by atoms with Crippen LogP contribution in [0.5, 0.6) is 0 Å². The fourth-order valence-electron chi connectivity index (χ4n) is 7.98. The summed E-state index contributed by atoms with van der Waals surface area (Å²) in [6.07, 6.45) is -10.3. The molecule has 0 radical (unpaired) electrons. The van der Waals surface area contributed by atoms with E-state index in [1.165, 1.54) is 0 Å². The first-order valence-electron chi connectivity index (χ1n) is 18.5. The number of hydrogen-bond donors (Lipinski definition) is 13. The van der Waals surface area contributed by atoms with E-state index in [4.69, 9.17) is 56.1 Å². The maximum absolute atomic E-state index is 11.1. The molecule has 4 heterocycles. The van der Waals surface area contributed by atoms with Gasteiger partial charge in [-0.25, -0.2) is 0 Å². The summed E-state index contributed by atoms with van der Waals surface area (Å²) < 4.78 is 40.9. The van der Waals surface area contributed by atoms with E-state index < -0.39 is 142 Å². The average molecular weight is 773 g/mol. The van der Waals surface area contributed by atoms with Gasteiger partial charge in [0.15, 0.2) is 0 Å². The van der Waals surface area contributed by atoms with Crippen LogP contribution in [0.2, 0.25) is 0 Å². The highest BCUT2D eigenvalue weighted by atomic mass is 16.6. The number of rotatable bonds is 18. The summed E-state index contributed by atoms with van der Waals surface area (Å²) in [6.45, 7) is -0.778. The molecule has 4 aliphatic rings. The molecule has 17 N–H and O–H groups in total. The molecule has 0 aromatic carbocycles. The highest BCUT2D eigenvalue weighted by Gasteiger charge is 2.48. The van der Waals surface area contributed by atoms with Crippen LogP contribution in [0.25, 0.3) is 0 Å². The summed E-state index contributed by atoms with van der Waals surface area (Å²) in [5.74, 6) is -2.52. The van der Waals surface area contributed by atoms with Crippen LogP contribution in [0.1, 0.15) is 13.3 Å². The molecule has 312 valence electrons. The molecule has 4 aliphatic heterocycles. The van der Waals surface area contributed by atoms with E-state index >= 15 is 0 Å². The second-order valence-corrected chi connectivity index (χ2v) is 14.7. The summed E-state index contributed by atoms with van der Waals surface area (Å²) in [5, 5.41) is 92.6. The fourth-order valence-corrected chi connectivity index (χ4v) is 7.98. The highest BCUT2D eigenvalue weighted by molar-refractivity contribution is 4.98. The highest BCUT2D eigenvalue weighted by Crippen LogP contribution is 2.31. The van der Waals surface area contributed by atoms with Crippen molar-refractivity contribution in [2.45, 2.75) is 111 Å². The third kappa shape index (κ3) is 10.4. The lowest BCUT2D eigenvalue weighted by molar-refractivity contribution is -0.213. The van der Waals surface area contributed by atoms with Gasteiger partial charge >= 0.3 is 0 Å². The molecular formula is C33H64N4O16. The lowest BCUT2D eigenvalue weighted by Crippen LogP contribution is -2.63. The molecule has 0 aromatic rings. The molecule has 20 nitrogen and oxygen atoms in total. The first-order valence-corrected chi connectivity index (χ1v) is 18.5. The molecule has 0 amide bonds. The summed E-state index contributed by atoms with van der Waals surface area (Å²) in [4.78, 5) is 0. The van der Waals surface area contributed by atoms with Gasteiger partial charge < -0.3 is 102 Å². The van der Waals surface area contributed by atoms with Crippen molar-refractivity contribution < 1.29 is 79.1 Å². The van der Waals surface area contributed by atoms with Crippen molar-refractivity contribution in [2.24, 2.45) is 46.6 Å². The molecular weight excluding hydrogens is 708 g/mol. The Labute approximate surface area is 309 Å². The minimum Gasteiger partial charge on any atom is -0.394 e. The van der Waals surface area contributed by atoms with Gasteiger partial charge in [0.1, 0.15) is 0 Å².